The summed E-state index contributed by atoms with van der Waals surface area (Å²) in [5.74, 6) is -0.117. The smallest absolute Gasteiger partial charge is 0.253 e. The Labute approximate surface area is 134 Å². The standard InChI is InChI=1S/C15H19Cl2N3O/c1-20-11-3-2-4-12(20)7-10(6-11)19-15(21)9-5-13(16)14(17)18-8-9/h5,8,10-12H,2-4,6-7H2,1H3,(H,19,21). The van der Waals surface area contributed by atoms with E-state index >= 15 is 0 Å². The highest BCUT2D eigenvalue weighted by Crippen LogP contribution is 2.32. The number of rotatable bonds is 2. The summed E-state index contributed by atoms with van der Waals surface area (Å²) in [6.45, 7) is 0. The fourth-order valence-electron chi connectivity index (χ4n) is 3.55. The topological polar surface area (TPSA) is 45.2 Å². The van der Waals surface area contributed by atoms with E-state index in [1.54, 1.807) is 6.07 Å². The number of hydrogen-bond acceptors (Lipinski definition) is 3. The number of carbonyl (C=O) groups excluding carboxylic acids is 1. The van der Waals surface area contributed by atoms with Crippen LogP contribution in [0.1, 0.15) is 42.5 Å². The van der Waals surface area contributed by atoms with Crippen molar-refractivity contribution in [2.45, 2.75) is 50.2 Å². The Kier molecular flexibility index (Phi) is 4.38. The van der Waals surface area contributed by atoms with Crippen molar-refractivity contribution in [3.63, 3.8) is 0 Å². The van der Waals surface area contributed by atoms with Crippen LogP contribution in [-0.4, -0.2) is 41.0 Å². The van der Waals surface area contributed by atoms with Crippen molar-refractivity contribution in [1.29, 1.82) is 0 Å². The van der Waals surface area contributed by atoms with Gasteiger partial charge in [0.25, 0.3) is 5.91 Å². The van der Waals surface area contributed by atoms with E-state index < -0.39 is 0 Å². The van der Waals surface area contributed by atoms with Crippen molar-refractivity contribution in [3.8, 4) is 0 Å². The van der Waals surface area contributed by atoms with E-state index in [0.29, 0.717) is 22.7 Å². The highest BCUT2D eigenvalue weighted by atomic mass is 35.5. The van der Waals surface area contributed by atoms with E-state index in [2.05, 4.69) is 22.2 Å². The molecule has 2 atom stereocenters. The van der Waals surface area contributed by atoms with Gasteiger partial charge in [-0.2, -0.15) is 0 Å². The molecule has 1 amide bonds. The van der Waals surface area contributed by atoms with Crippen LogP contribution < -0.4 is 5.32 Å². The van der Waals surface area contributed by atoms with Crippen molar-refractivity contribution in [3.05, 3.63) is 28.0 Å². The summed E-state index contributed by atoms with van der Waals surface area (Å²) in [5, 5.41) is 3.66. The van der Waals surface area contributed by atoms with E-state index in [1.807, 2.05) is 0 Å². The van der Waals surface area contributed by atoms with E-state index in [1.165, 1.54) is 25.5 Å². The molecule has 1 aromatic rings. The summed E-state index contributed by atoms with van der Waals surface area (Å²) in [6.07, 6.45) is 7.28. The number of aromatic nitrogens is 1. The third kappa shape index (κ3) is 3.17. The highest BCUT2D eigenvalue weighted by molar-refractivity contribution is 6.41. The molecule has 3 rings (SSSR count). The second kappa shape index (κ2) is 6.11. The molecule has 0 saturated carbocycles. The van der Waals surface area contributed by atoms with Crippen LogP contribution in [0.25, 0.3) is 0 Å². The van der Waals surface area contributed by atoms with Crippen LogP contribution in [0.3, 0.4) is 0 Å². The van der Waals surface area contributed by atoms with Crippen LogP contribution in [0.15, 0.2) is 12.3 Å². The van der Waals surface area contributed by atoms with Crippen molar-refractivity contribution in [2.24, 2.45) is 0 Å². The molecular weight excluding hydrogens is 309 g/mol. The van der Waals surface area contributed by atoms with Crippen molar-refractivity contribution < 1.29 is 4.79 Å². The van der Waals surface area contributed by atoms with Crippen LogP contribution in [0.2, 0.25) is 10.2 Å². The maximum atomic E-state index is 12.3. The first-order valence-electron chi connectivity index (χ1n) is 7.38. The molecule has 4 nitrogen and oxygen atoms in total. The van der Waals surface area contributed by atoms with Crippen LogP contribution in [-0.2, 0) is 0 Å². The molecule has 2 bridgehead atoms. The second-order valence-electron chi connectivity index (χ2n) is 6.04. The molecule has 2 aliphatic rings. The van der Waals surface area contributed by atoms with Crippen LogP contribution in [0.5, 0.6) is 0 Å². The number of nitrogens with one attached hydrogen (secondary N) is 1. The maximum absolute atomic E-state index is 12.3. The molecule has 3 heterocycles. The van der Waals surface area contributed by atoms with Crippen LogP contribution in [0.4, 0.5) is 0 Å². The third-order valence-electron chi connectivity index (χ3n) is 4.73. The van der Waals surface area contributed by atoms with Crippen molar-refractivity contribution >= 4 is 29.1 Å². The first-order valence-corrected chi connectivity index (χ1v) is 8.14. The second-order valence-corrected chi connectivity index (χ2v) is 6.81. The van der Waals surface area contributed by atoms with Gasteiger partial charge >= 0.3 is 0 Å². The highest BCUT2D eigenvalue weighted by Gasteiger charge is 2.36. The van der Waals surface area contributed by atoms with Gasteiger partial charge in [0.1, 0.15) is 5.15 Å². The molecule has 2 unspecified atom stereocenters. The average molecular weight is 328 g/mol. The molecule has 1 aromatic heterocycles. The maximum Gasteiger partial charge on any atom is 0.253 e. The molecule has 6 heteroatoms. The predicted molar refractivity (Wildman–Crippen MR) is 83.9 cm³/mol. The number of carbonyl (C=O) groups is 1. The number of fused-ring (bicyclic) bond motifs is 2. The molecule has 0 radical (unpaired) electrons. The zero-order valence-corrected chi connectivity index (χ0v) is 13.5. The van der Waals surface area contributed by atoms with Gasteiger partial charge < -0.3 is 10.2 Å². The van der Waals surface area contributed by atoms with Crippen LogP contribution >= 0.6 is 23.2 Å². The number of hydrogen-bond donors (Lipinski definition) is 1. The van der Waals surface area contributed by atoms with Crippen LogP contribution in [0, 0.1) is 0 Å². The zero-order chi connectivity index (χ0) is 15.0. The molecule has 2 aliphatic heterocycles. The minimum absolute atomic E-state index is 0.117. The molecular formula is C15H19Cl2N3O. The average Bonchev–Trinajstić information content (AvgIpc) is 2.43. The molecule has 21 heavy (non-hydrogen) atoms. The van der Waals surface area contributed by atoms with Gasteiger partial charge in [-0.3, -0.25) is 4.79 Å². The summed E-state index contributed by atoms with van der Waals surface area (Å²) < 4.78 is 0. The lowest BCUT2D eigenvalue weighted by Gasteiger charge is -2.47. The lowest BCUT2D eigenvalue weighted by Crippen LogP contribution is -2.55. The molecule has 0 aliphatic carbocycles. The number of piperidine rings is 2. The first-order chi connectivity index (χ1) is 10.0. The fraction of sp³-hybridized carbons (Fsp3) is 0.600. The van der Waals surface area contributed by atoms with Gasteiger partial charge in [-0.05, 0) is 38.8 Å². The van der Waals surface area contributed by atoms with Gasteiger partial charge in [-0.25, -0.2) is 4.98 Å². The lowest BCUT2D eigenvalue weighted by atomic mass is 9.82. The van der Waals surface area contributed by atoms with Crippen molar-refractivity contribution in [2.75, 3.05) is 7.05 Å². The summed E-state index contributed by atoms with van der Waals surface area (Å²) in [4.78, 5) is 18.7. The fourth-order valence-corrected chi connectivity index (χ4v) is 3.82. The van der Waals surface area contributed by atoms with Gasteiger partial charge in [0.2, 0.25) is 0 Å². The monoisotopic (exact) mass is 327 g/mol. The molecule has 2 saturated heterocycles. The van der Waals surface area contributed by atoms with Gasteiger partial charge in [-0.1, -0.05) is 29.6 Å². The number of amides is 1. The Morgan fingerprint density at radius 2 is 2.00 bits per heavy atom. The summed E-state index contributed by atoms with van der Waals surface area (Å²) >= 11 is 11.7. The Morgan fingerprint density at radius 1 is 1.33 bits per heavy atom. The molecule has 1 N–H and O–H groups in total. The number of halogens is 2. The van der Waals surface area contributed by atoms with Gasteiger partial charge in [0.05, 0.1) is 10.6 Å². The Bertz CT molecular complexity index is 538. The lowest BCUT2D eigenvalue weighted by molar-refractivity contribution is 0.0463. The Hall–Kier alpha value is -0.840. The van der Waals surface area contributed by atoms with Crippen molar-refractivity contribution in [1.82, 2.24) is 15.2 Å². The number of pyridine rings is 1. The quantitative estimate of drug-likeness (QED) is 0.849. The Morgan fingerprint density at radius 3 is 2.62 bits per heavy atom. The summed E-state index contributed by atoms with van der Waals surface area (Å²) in [7, 11) is 2.20. The summed E-state index contributed by atoms with van der Waals surface area (Å²) in [6, 6.07) is 2.99. The largest absolute Gasteiger partial charge is 0.349 e. The predicted octanol–water partition coefficient (Wildman–Crippen LogP) is 3.13. The van der Waals surface area contributed by atoms with Gasteiger partial charge in [0, 0.05) is 24.3 Å². The summed E-state index contributed by atoms with van der Waals surface area (Å²) in [5.41, 5.74) is 0.466. The zero-order valence-electron chi connectivity index (χ0n) is 12.0. The van der Waals surface area contributed by atoms with Gasteiger partial charge in [0.15, 0.2) is 0 Å². The molecule has 0 aromatic carbocycles. The van der Waals surface area contributed by atoms with E-state index in [-0.39, 0.29) is 17.1 Å². The minimum Gasteiger partial charge on any atom is -0.349 e. The van der Waals surface area contributed by atoms with Gasteiger partial charge in [-0.15, -0.1) is 0 Å². The van der Waals surface area contributed by atoms with E-state index in [0.717, 1.165) is 12.8 Å². The first kappa shape index (κ1) is 15.1. The Balaban J connectivity index is 1.66. The molecule has 2 fully saturated rings. The normalized spacial score (nSPS) is 29.2. The van der Waals surface area contributed by atoms with E-state index in [9.17, 15) is 4.79 Å². The van der Waals surface area contributed by atoms with E-state index in [4.69, 9.17) is 23.2 Å². The SMILES string of the molecule is CN1C2CCCC1CC(NC(=O)c1cnc(Cl)c(Cl)c1)C2. The molecule has 114 valence electrons. The number of nitrogens with zero attached hydrogens (tertiary/aromatic N) is 2. The molecule has 0 spiro atoms. The third-order valence-corrected chi connectivity index (χ3v) is 5.42. The minimum atomic E-state index is -0.117.